The molecule has 12 nitrogen and oxygen atoms in total. The molecule has 1 fully saturated rings. The molecule has 0 amide bonds. The first-order valence-corrected chi connectivity index (χ1v) is 13.5. The lowest BCUT2D eigenvalue weighted by molar-refractivity contribution is -0.0592. The molecule has 1 atom stereocenters. The van der Waals surface area contributed by atoms with Crippen LogP contribution in [0.1, 0.15) is 37.8 Å². The molecule has 13 heteroatoms. The minimum Gasteiger partial charge on any atom is -0.494 e. The van der Waals surface area contributed by atoms with E-state index in [2.05, 4.69) is 10.1 Å². The van der Waals surface area contributed by atoms with E-state index in [1.807, 2.05) is 15.5 Å². The summed E-state index contributed by atoms with van der Waals surface area (Å²) < 4.78 is 55.3. The van der Waals surface area contributed by atoms with Crippen LogP contribution in [0.2, 0.25) is 0 Å². The Labute approximate surface area is 250 Å². The Morgan fingerprint density at radius 1 is 1.26 bits per heavy atom. The maximum absolute atomic E-state index is 14.3. The number of aromatic nitrogens is 3. The summed E-state index contributed by atoms with van der Waals surface area (Å²) in [6.07, 6.45) is 2.35. The monoisotopic (exact) mass is 588 g/mol. The maximum Gasteiger partial charge on any atom is 0.335 e. The number of aromatic carboxylic acids is 1. The van der Waals surface area contributed by atoms with Gasteiger partial charge in [-0.2, -0.15) is 15.3 Å². The van der Waals surface area contributed by atoms with Crippen molar-refractivity contribution >= 4 is 29.2 Å². The molecular weight excluding hydrogens is 557 g/mol. The van der Waals surface area contributed by atoms with Crippen LogP contribution in [0.3, 0.4) is 0 Å². The number of pyridine rings is 1. The minimum absolute atomic E-state index is 0.0597. The number of carboxylic acids is 1. The first kappa shape index (κ1) is 24.4. The van der Waals surface area contributed by atoms with Gasteiger partial charge < -0.3 is 28.8 Å². The topological polar surface area (TPSA) is 138 Å². The van der Waals surface area contributed by atoms with Crippen LogP contribution in [0.5, 0.6) is 11.6 Å². The Morgan fingerprint density at radius 2 is 2.14 bits per heavy atom. The number of hydrogen-bond donors (Lipinski definition) is 1. The van der Waals surface area contributed by atoms with Crippen LogP contribution in [0.4, 0.5) is 10.2 Å². The van der Waals surface area contributed by atoms with Crippen LogP contribution in [0.15, 0.2) is 53.6 Å². The SMILES string of the molecule is [2H]C([2H])([2H])Oc1cc(C(=O)O)cc2c1nc(CN1CCN(c3cccc(OCc4ccc(C#N)cc4F)n3)C=N1)n2C[C@@H]1CCO1. The zero-order chi connectivity index (χ0) is 32.4. The van der Waals surface area contributed by atoms with E-state index in [1.54, 1.807) is 29.5 Å². The molecule has 4 heterocycles. The van der Waals surface area contributed by atoms with Crippen molar-refractivity contribution in [2.24, 2.45) is 5.10 Å². The number of hydrazone groups is 1. The first-order chi connectivity index (χ1) is 22.1. The summed E-state index contributed by atoms with van der Waals surface area (Å²) in [4.78, 5) is 22.9. The maximum atomic E-state index is 14.3. The Bertz CT molecular complexity index is 1860. The molecule has 1 saturated heterocycles. The van der Waals surface area contributed by atoms with E-state index >= 15 is 0 Å². The molecule has 0 radical (unpaired) electrons. The molecule has 0 aliphatic carbocycles. The largest absolute Gasteiger partial charge is 0.494 e. The van der Waals surface area contributed by atoms with Crippen LogP contribution >= 0.6 is 0 Å². The van der Waals surface area contributed by atoms with Gasteiger partial charge in [-0.05, 0) is 36.8 Å². The lowest BCUT2D eigenvalue weighted by Crippen LogP contribution is -2.38. The fourth-order valence-corrected chi connectivity index (χ4v) is 4.86. The standard InChI is InChI=1S/C30H28FN7O5/c1-41-25-13-21(30(39)40)12-24-29(25)35-27(38(24)15-22-7-10-42-22)16-37-9-8-36(18-33-37)26-3-2-4-28(34-26)43-17-20-6-5-19(14-32)11-23(20)31/h2-6,11-13,18,22H,7-10,15-17H2,1H3,(H,39,40)/t22-/m0/s1/i1D3. The van der Waals surface area contributed by atoms with E-state index in [0.29, 0.717) is 54.8 Å². The summed E-state index contributed by atoms with van der Waals surface area (Å²) in [5.74, 6) is -0.499. The zero-order valence-electron chi connectivity index (χ0n) is 25.8. The van der Waals surface area contributed by atoms with Crippen molar-refractivity contribution in [3.8, 4) is 17.7 Å². The molecule has 4 aromatic rings. The van der Waals surface area contributed by atoms with Crippen molar-refractivity contribution in [2.45, 2.75) is 32.2 Å². The molecule has 2 aromatic carbocycles. The fourth-order valence-electron chi connectivity index (χ4n) is 4.86. The van der Waals surface area contributed by atoms with Crippen molar-refractivity contribution in [1.29, 1.82) is 5.26 Å². The molecule has 2 aromatic heterocycles. The third-order valence-electron chi connectivity index (χ3n) is 7.27. The third-order valence-corrected chi connectivity index (χ3v) is 7.27. The van der Waals surface area contributed by atoms with Crippen LogP contribution in [-0.2, 0) is 24.4 Å². The Morgan fingerprint density at radius 3 is 2.84 bits per heavy atom. The number of fused-ring (bicyclic) bond motifs is 1. The number of methoxy groups -OCH3 is 1. The first-order valence-electron chi connectivity index (χ1n) is 15.0. The van der Waals surface area contributed by atoms with E-state index in [9.17, 15) is 14.3 Å². The lowest BCUT2D eigenvalue weighted by Gasteiger charge is -2.30. The minimum atomic E-state index is -2.80. The summed E-state index contributed by atoms with van der Waals surface area (Å²) >= 11 is 0. The van der Waals surface area contributed by atoms with Gasteiger partial charge in [0.05, 0.1) is 59.6 Å². The second-order valence-corrected chi connectivity index (χ2v) is 10.0. The average Bonchev–Trinajstić information content (AvgIpc) is 3.34. The summed E-state index contributed by atoms with van der Waals surface area (Å²) in [5.41, 5.74) is 1.06. The van der Waals surface area contributed by atoms with E-state index in [1.165, 1.54) is 24.3 Å². The number of carboxylic acid groups (broad SMARTS) is 1. The molecule has 0 saturated carbocycles. The van der Waals surface area contributed by atoms with E-state index < -0.39 is 18.8 Å². The number of nitriles is 1. The fraction of sp³-hybridized carbons (Fsp3) is 0.300. The van der Waals surface area contributed by atoms with Gasteiger partial charge in [0, 0.05) is 24.8 Å². The van der Waals surface area contributed by atoms with Gasteiger partial charge >= 0.3 is 5.97 Å². The predicted molar refractivity (Wildman–Crippen MR) is 154 cm³/mol. The molecule has 2 aliphatic heterocycles. The summed E-state index contributed by atoms with van der Waals surface area (Å²) in [6, 6.07) is 13.9. The Hall–Kier alpha value is -5.22. The van der Waals surface area contributed by atoms with Gasteiger partial charge in [0.1, 0.15) is 41.7 Å². The van der Waals surface area contributed by atoms with Gasteiger partial charge in [0.2, 0.25) is 5.88 Å². The summed E-state index contributed by atoms with van der Waals surface area (Å²) in [7, 11) is -2.80. The number of carbonyl (C=O) groups is 1. The van der Waals surface area contributed by atoms with Crippen LogP contribution in [0, 0.1) is 17.1 Å². The van der Waals surface area contributed by atoms with E-state index in [0.717, 1.165) is 12.5 Å². The van der Waals surface area contributed by atoms with Crippen molar-refractivity contribution in [3.05, 3.63) is 76.9 Å². The number of anilines is 1. The molecule has 0 unspecified atom stereocenters. The second-order valence-electron chi connectivity index (χ2n) is 10.0. The Kier molecular flexibility index (Phi) is 6.78. The highest BCUT2D eigenvalue weighted by atomic mass is 19.1. The van der Waals surface area contributed by atoms with Crippen molar-refractivity contribution in [2.75, 3.05) is 31.6 Å². The van der Waals surface area contributed by atoms with Crippen LogP contribution in [0.25, 0.3) is 11.0 Å². The highest BCUT2D eigenvalue weighted by Crippen LogP contribution is 2.30. The average molecular weight is 589 g/mol. The van der Waals surface area contributed by atoms with Crippen molar-refractivity contribution in [1.82, 2.24) is 19.5 Å². The van der Waals surface area contributed by atoms with Gasteiger partial charge in [0.15, 0.2) is 0 Å². The summed E-state index contributed by atoms with van der Waals surface area (Å²) in [5, 5.41) is 25.0. The quantitative estimate of drug-likeness (QED) is 0.291. The summed E-state index contributed by atoms with van der Waals surface area (Å²) in [6.45, 7) is 2.19. The Balaban J connectivity index is 1.20. The molecule has 1 N–H and O–H groups in total. The number of imidazole rings is 1. The van der Waals surface area contributed by atoms with Crippen molar-refractivity contribution in [3.63, 3.8) is 0 Å². The number of benzene rings is 2. The van der Waals surface area contributed by atoms with Gasteiger partial charge in [0.25, 0.3) is 0 Å². The van der Waals surface area contributed by atoms with Crippen LogP contribution < -0.4 is 14.4 Å². The highest BCUT2D eigenvalue weighted by Gasteiger charge is 2.25. The number of rotatable bonds is 10. The number of halogens is 1. The molecule has 43 heavy (non-hydrogen) atoms. The number of hydrogen-bond acceptors (Lipinski definition) is 10. The van der Waals surface area contributed by atoms with E-state index in [4.69, 9.17) is 28.6 Å². The van der Waals surface area contributed by atoms with Gasteiger partial charge in [-0.3, -0.25) is 5.01 Å². The van der Waals surface area contributed by atoms with Gasteiger partial charge in [-0.1, -0.05) is 12.1 Å². The smallest absolute Gasteiger partial charge is 0.335 e. The lowest BCUT2D eigenvalue weighted by atomic mass is 10.1. The third kappa shape index (κ3) is 5.91. The van der Waals surface area contributed by atoms with Gasteiger partial charge in [-0.25, -0.2) is 14.2 Å². The molecule has 220 valence electrons. The zero-order valence-corrected chi connectivity index (χ0v) is 22.8. The normalized spacial score (nSPS) is 17.5. The molecular formula is C30H28FN7O5. The molecule has 2 aliphatic rings. The highest BCUT2D eigenvalue weighted by molar-refractivity contribution is 5.95. The number of ether oxygens (including phenoxy) is 3. The predicted octanol–water partition coefficient (Wildman–Crippen LogP) is 3.78. The van der Waals surface area contributed by atoms with Gasteiger partial charge in [-0.15, -0.1) is 0 Å². The van der Waals surface area contributed by atoms with Crippen LogP contribution in [-0.4, -0.2) is 69.8 Å². The second kappa shape index (κ2) is 11.9. The van der Waals surface area contributed by atoms with E-state index in [-0.39, 0.29) is 41.6 Å². The molecule has 0 spiro atoms. The number of nitrogens with zero attached hydrogens (tertiary/aromatic N) is 7. The molecule has 0 bridgehead atoms. The molecule has 6 rings (SSSR count). The van der Waals surface area contributed by atoms with Crippen molar-refractivity contribution < 1.29 is 32.6 Å².